The highest BCUT2D eigenvalue weighted by molar-refractivity contribution is 6.04. The topological polar surface area (TPSA) is 58.6 Å². The first kappa shape index (κ1) is 19.0. The van der Waals surface area contributed by atoms with Crippen molar-refractivity contribution in [3.8, 4) is 5.75 Å². The van der Waals surface area contributed by atoms with Crippen LogP contribution in [0.25, 0.3) is 0 Å². The smallest absolute Gasteiger partial charge is 0.260 e. The molecule has 1 aliphatic rings. The van der Waals surface area contributed by atoms with Crippen LogP contribution in [0, 0.1) is 13.8 Å². The van der Waals surface area contributed by atoms with E-state index in [1.165, 1.54) is 6.42 Å². The Morgan fingerprint density at radius 3 is 2.41 bits per heavy atom. The first-order chi connectivity index (χ1) is 13.0. The number of piperidine rings is 1. The number of benzene rings is 2. The van der Waals surface area contributed by atoms with Gasteiger partial charge in [0.15, 0.2) is 6.61 Å². The zero-order valence-corrected chi connectivity index (χ0v) is 16.0. The molecule has 5 heteroatoms. The monoisotopic (exact) mass is 366 g/mol. The lowest BCUT2D eigenvalue weighted by atomic mass is 10.1. The van der Waals surface area contributed by atoms with Crippen molar-refractivity contribution in [3.63, 3.8) is 0 Å². The van der Waals surface area contributed by atoms with Crippen LogP contribution >= 0.6 is 0 Å². The number of carbonyl (C=O) groups excluding carboxylic acids is 2. The number of ether oxygens (including phenoxy) is 1. The number of nitrogens with zero attached hydrogens (tertiary/aromatic N) is 1. The maximum absolute atomic E-state index is 12.4. The highest BCUT2D eigenvalue weighted by atomic mass is 16.5. The van der Waals surface area contributed by atoms with Crippen LogP contribution in [0.2, 0.25) is 0 Å². The van der Waals surface area contributed by atoms with Crippen molar-refractivity contribution in [3.05, 3.63) is 59.2 Å². The number of hydrogen-bond donors (Lipinski definition) is 1. The van der Waals surface area contributed by atoms with Crippen LogP contribution in [-0.4, -0.2) is 36.4 Å². The molecule has 0 unspecified atom stereocenters. The van der Waals surface area contributed by atoms with Gasteiger partial charge < -0.3 is 15.0 Å². The Labute approximate surface area is 160 Å². The van der Waals surface area contributed by atoms with Gasteiger partial charge in [0.05, 0.1) is 0 Å². The van der Waals surface area contributed by atoms with Gasteiger partial charge in [-0.1, -0.05) is 12.1 Å². The summed E-state index contributed by atoms with van der Waals surface area (Å²) >= 11 is 0. The second-order valence-corrected chi connectivity index (χ2v) is 6.96. The molecular formula is C22H26N2O3. The molecule has 0 spiro atoms. The Hall–Kier alpha value is -2.82. The molecule has 1 heterocycles. The fraction of sp³-hybridized carbons (Fsp3) is 0.364. The van der Waals surface area contributed by atoms with Gasteiger partial charge in [-0.15, -0.1) is 0 Å². The minimum absolute atomic E-state index is 0.0199. The number of carbonyl (C=O) groups is 2. The van der Waals surface area contributed by atoms with Crippen LogP contribution in [0.5, 0.6) is 5.75 Å². The van der Waals surface area contributed by atoms with Crippen molar-refractivity contribution < 1.29 is 14.3 Å². The molecule has 0 bridgehead atoms. The Morgan fingerprint density at radius 2 is 1.70 bits per heavy atom. The maximum atomic E-state index is 12.4. The van der Waals surface area contributed by atoms with Gasteiger partial charge in [0.2, 0.25) is 0 Å². The van der Waals surface area contributed by atoms with E-state index in [4.69, 9.17) is 4.74 Å². The second-order valence-electron chi connectivity index (χ2n) is 6.96. The predicted molar refractivity (Wildman–Crippen MR) is 106 cm³/mol. The Bertz CT molecular complexity index is 809. The summed E-state index contributed by atoms with van der Waals surface area (Å²) in [7, 11) is 0. The minimum Gasteiger partial charge on any atom is -0.484 e. The summed E-state index contributed by atoms with van der Waals surface area (Å²) in [5.74, 6) is 0.440. The number of nitrogens with one attached hydrogen (secondary N) is 1. The van der Waals surface area contributed by atoms with E-state index in [1.807, 2.05) is 36.9 Å². The van der Waals surface area contributed by atoms with E-state index in [1.54, 1.807) is 24.3 Å². The zero-order chi connectivity index (χ0) is 19.2. The van der Waals surface area contributed by atoms with Crippen LogP contribution in [0.1, 0.15) is 40.7 Å². The molecule has 1 fully saturated rings. The average molecular weight is 366 g/mol. The zero-order valence-electron chi connectivity index (χ0n) is 16.0. The summed E-state index contributed by atoms with van der Waals surface area (Å²) in [4.78, 5) is 26.5. The summed E-state index contributed by atoms with van der Waals surface area (Å²) in [6.45, 7) is 5.68. The standard InChI is InChI=1S/C22H26N2O3/c1-16-7-6-8-20(17(16)2)23-22(26)18-9-11-19(12-10-18)27-15-21(25)24-13-4-3-5-14-24/h6-12H,3-5,13-15H2,1-2H3,(H,23,26). The third kappa shape index (κ3) is 4.88. The van der Waals surface area contributed by atoms with Crippen molar-refractivity contribution in [1.29, 1.82) is 0 Å². The molecule has 2 aromatic rings. The SMILES string of the molecule is Cc1cccc(NC(=O)c2ccc(OCC(=O)N3CCCCC3)cc2)c1C. The van der Waals surface area contributed by atoms with Crippen molar-refractivity contribution in [2.45, 2.75) is 33.1 Å². The molecule has 2 amide bonds. The van der Waals surface area contributed by atoms with E-state index in [0.717, 1.165) is 42.7 Å². The van der Waals surface area contributed by atoms with Crippen LogP contribution in [0.4, 0.5) is 5.69 Å². The number of likely N-dealkylation sites (tertiary alicyclic amines) is 1. The van der Waals surface area contributed by atoms with Gasteiger partial charge in [-0.05, 0) is 74.6 Å². The van der Waals surface area contributed by atoms with E-state index in [9.17, 15) is 9.59 Å². The fourth-order valence-corrected chi connectivity index (χ4v) is 3.16. The van der Waals surface area contributed by atoms with Crippen LogP contribution < -0.4 is 10.1 Å². The summed E-state index contributed by atoms with van der Waals surface area (Å²) in [5.41, 5.74) is 3.55. The van der Waals surface area contributed by atoms with Gasteiger partial charge in [0.25, 0.3) is 11.8 Å². The molecule has 0 saturated carbocycles. The predicted octanol–water partition coefficient (Wildman–Crippen LogP) is 3.95. The molecule has 27 heavy (non-hydrogen) atoms. The Morgan fingerprint density at radius 1 is 1.00 bits per heavy atom. The Balaban J connectivity index is 1.55. The van der Waals surface area contributed by atoms with E-state index < -0.39 is 0 Å². The lowest BCUT2D eigenvalue weighted by Gasteiger charge is -2.26. The highest BCUT2D eigenvalue weighted by Crippen LogP contribution is 2.20. The molecule has 1 N–H and O–H groups in total. The Kier molecular flexibility index (Phi) is 6.12. The van der Waals surface area contributed by atoms with Gasteiger partial charge in [0, 0.05) is 24.3 Å². The van der Waals surface area contributed by atoms with Gasteiger partial charge in [-0.3, -0.25) is 9.59 Å². The minimum atomic E-state index is -0.167. The van der Waals surface area contributed by atoms with Crippen molar-refractivity contribution >= 4 is 17.5 Å². The van der Waals surface area contributed by atoms with Gasteiger partial charge >= 0.3 is 0 Å². The van der Waals surface area contributed by atoms with Crippen molar-refractivity contribution in [1.82, 2.24) is 4.90 Å². The third-order valence-electron chi connectivity index (χ3n) is 5.04. The highest BCUT2D eigenvalue weighted by Gasteiger charge is 2.17. The van der Waals surface area contributed by atoms with E-state index >= 15 is 0 Å². The van der Waals surface area contributed by atoms with E-state index in [-0.39, 0.29) is 18.4 Å². The summed E-state index contributed by atoms with van der Waals surface area (Å²) < 4.78 is 5.59. The number of amides is 2. The second kappa shape index (κ2) is 8.71. The molecule has 1 saturated heterocycles. The van der Waals surface area contributed by atoms with Crippen LogP contribution in [0.15, 0.2) is 42.5 Å². The van der Waals surface area contributed by atoms with E-state index in [0.29, 0.717) is 11.3 Å². The van der Waals surface area contributed by atoms with Crippen molar-refractivity contribution in [2.75, 3.05) is 25.0 Å². The van der Waals surface area contributed by atoms with Crippen LogP contribution in [0.3, 0.4) is 0 Å². The fourth-order valence-electron chi connectivity index (χ4n) is 3.16. The van der Waals surface area contributed by atoms with E-state index in [2.05, 4.69) is 5.32 Å². The van der Waals surface area contributed by atoms with Crippen molar-refractivity contribution in [2.24, 2.45) is 0 Å². The normalized spacial score (nSPS) is 13.9. The first-order valence-electron chi connectivity index (χ1n) is 9.43. The quantitative estimate of drug-likeness (QED) is 0.872. The maximum Gasteiger partial charge on any atom is 0.260 e. The third-order valence-corrected chi connectivity index (χ3v) is 5.04. The van der Waals surface area contributed by atoms with Gasteiger partial charge in [-0.2, -0.15) is 0 Å². The summed E-state index contributed by atoms with van der Waals surface area (Å²) in [6.07, 6.45) is 3.32. The molecule has 0 aromatic heterocycles. The summed E-state index contributed by atoms with van der Waals surface area (Å²) in [5, 5.41) is 2.94. The largest absolute Gasteiger partial charge is 0.484 e. The number of anilines is 1. The molecule has 0 aliphatic carbocycles. The lowest BCUT2D eigenvalue weighted by Crippen LogP contribution is -2.38. The molecule has 0 atom stereocenters. The first-order valence-corrected chi connectivity index (χ1v) is 9.43. The van der Waals surface area contributed by atoms with Gasteiger partial charge in [-0.25, -0.2) is 0 Å². The number of rotatable bonds is 5. The average Bonchev–Trinajstić information content (AvgIpc) is 2.70. The number of hydrogen-bond acceptors (Lipinski definition) is 3. The molecule has 1 aliphatic heterocycles. The molecule has 0 radical (unpaired) electrons. The number of aryl methyl sites for hydroxylation is 1. The van der Waals surface area contributed by atoms with Gasteiger partial charge in [0.1, 0.15) is 5.75 Å². The summed E-state index contributed by atoms with van der Waals surface area (Å²) in [6, 6.07) is 12.7. The molecule has 142 valence electrons. The molecule has 5 nitrogen and oxygen atoms in total. The van der Waals surface area contributed by atoms with Crippen LogP contribution in [-0.2, 0) is 4.79 Å². The molecule has 2 aromatic carbocycles. The molecule has 3 rings (SSSR count). The molecular weight excluding hydrogens is 340 g/mol. The lowest BCUT2D eigenvalue weighted by molar-refractivity contribution is -0.134.